The molecule has 0 aliphatic rings. The molecule has 7 heteroatoms. The Morgan fingerprint density at radius 2 is 1.60 bits per heavy atom. The van der Waals surface area contributed by atoms with Crippen LogP contribution in [0.4, 0.5) is 0 Å². The summed E-state index contributed by atoms with van der Waals surface area (Å²) in [5.74, 6) is -0.706. The molecule has 0 atom stereocenters. The minimum Gasteiger partial charge on any atom is -0.382 e. The molecule has 0 heterocycles. The van der Waals surface area contributed by atoms with Gasteiger partial charge < -0.3 is 24.8 Å². The highest BCUT2D eigenvalue weighted by atomic mass is 16.5. The molecule has 0 unspecified atom stereocenters. The molecule has 0 aromatic heterocycles. The van der Waals surface area contributed by atoms with Gasteiger partial charge in [0.15, 0.2) is 0 Å². The number of methoxy groups -OCH3 is 2. The highest BCUT2D eigenvalue weighted by Gasteiger charge is 2.32. The second kappa shape index (κ2) is 10.1. The lowest BCUT2D eigenvalue weighted by molar-refractivity contribution is -0.124. The molecule has 2 N–H and O–H groups in total. The van der Waals surface area contributed by atoms with Gasteiger partial charge in [-0.1, -0.05) is 13.2 Å². The maximum atomic E-state index is 11.5. The van der Waals surface area contributed by atoms with Crippen molar-refractivity contribution in [2.45, 2.75) is 5.54 Å². The minimum absolute atomic E-state index is 0.00993. The molecular formula is C13H22N2O5. The molecule has 0 rings (SSSR count). The summed E-state index contributed by atoms with van der Waals surface area (Å²) in [4.78, 5) is 22.5. The molecule has 20 heavy (non-hydrogen) atoms. The molecule has 2 amide bonds. The Balaban J connectivity index is 4.55. The molecule has 0 aromatic carbocycles. The Morgan fingerprint density at radius 1 is 1.05 bits per heavy atom. The van der Waals surface area contributed by atoms with E-state index in [0.717, 1.165) is 12.2 Å². The summed E-state index contributed by atoms with van der Waals surface area (Å²) in [6.45, 7) is 7.19. The fourth-order valence-electron chi connectivity index (χ4n) is 1.54. The molecule has 0 saturated carbocycles. The Morgan fingerprint density at radius 3 is 2.05 bits per heavy atom. The van der Waals surface area contributed by atoms with Gasteiger partial charge in [-0.3, -0.25) is 9.59 Å². The van der Waals surface area contributed by atoms with Crippen LogP contribution in [0.3, 0.4) is 0 Å². The van der Waals surface area contributed by atoms with E-state index in [9.17, 15) is 9.59 Å². The van der Waals surface area contributed by atoms with Crippen molar-refractivity contribution in [3.8, 4) is 0 Å². The van der Waals surface area contributed by atoms with E-state index in [2.05, 4.69) is 23.8 Å². The second-order valence-electron chi connectivity index (χ2n) is 4.08. The van der Waals surface area contributed by atoms with Gasteiger partial charge in [0.25, 0.3) is 0 Å². The van der Waals surface area contributed by atoms with Crippen LogP contribution in [0.1, 0.15) is 0 Å². The lowest BCUT2D eigenvalue weighted by Gasteiger charge is -2.32. The number of ether oxygens (including phenoxy) is 3. The van der Waals surface area contributed by atoms with Crippen LogP contribution in [0.25, 0.3) is 0 Å². The van der Waals surface area contributed by atoms with Gasteiger partial charge >= 0.3 is 0 Å². The van der Waals surface area contributed by atoms with Gasteiger partial charge in [0, 0.05) is 14.2 Å². The van der Waals surface area contributed by atoms with E-state index in [1.165, 1.54) is 14.2 Å². The van der Waals surface area contributed by atoms with E-state index >= 15 is 0 Å². The van der Waals surface area contributed by atoms with E-state index in [4.69, 9.17) is 14.2 Å². The number of hydrogen-bond acceptors (Lipinski definition) is 5. The Bertz CT molecular complexity index is 338. The van der Waals surface area contributed by atoms with Crippen molar-refractivity contribution in [1.82, 2.24) is 10.6 Å². The third-order valence-electron chi connectivity index (χ3n) is 2.33. The molecule has 0 radical (unpaired) electrons. The van der Waals surface area contributed by atoms with Crippen molar-refractivity contribution < 1.29 is 23.8 Å². The second-order valence-corrected chi connectivity index (χ2v) is 4.08. The van der Waals surface area contributed by atoms with Crippen molar-refractivity contribution in [2.24, 2.45) is 0 Å². The van der Waals surface area contributed by atoms with Gasteiger partial charge in [0.05, 0.1) is 19.8 Å². The smallest absolute Gasteiger partial charge is 0.245 e. The molecule has 0 saturated heterocycles. The topological polar surface area (TPSA) is 85.9 Å². The summed E-state index contributed by atoms with van der Waals surface area (Å²) in [6.07, 6.45) is 2.29. The van der Waals surface area contributed by atoms with Gasteiger partial charge in [-0.15, -0.1) is 0 Å². The third kappa shape index (κ3) is 7.03. The zero-order valence-corrected chi connectivity index (χ0v) is 11.9. The third-order valence-corrected chi connectivity index (χ3v) is 2.33. The number of hydrogen-bond donors (Lipinski definition) is 2. The average molecular weight is 286 g/mol. The molecule has 114 valence electrons. The summed E-state index contributed by atoms with van der Waals surface area (Å²) >= 11 is 0. The molecule has 0 aliphatic carbocycles. The van der Waals surface area contributed by atoms with E-state index in [0.29, 0.717) is 0 Å². The lowest BCUT2D eigenvalue weighted by atomic mass is 10.0. The Labute approximate surface area is 119 Å². The fourth-order valence-corrected chi connectivity index (χ4v) is 1.54. The number of amides is 2. The van der Waals surface area contributed by atoms with E-state index in [-0.39, 0.29) is 38.4 Å². The largest absolute Gasteiger partial charge is 0.382 e. The Hall–Kier alpha value is -1.70. The van der Waals surface area contributed by atoms with E-state index in [1.807, 2.05) is 0 Å². The van der Waals surface area contributed by atoms with Crippen LogP contribution >= 0.6 is 0 Å². The van der Waals surface area contributed by atoms with Gasteiger partial charge in [-0.25, -0.2) is 0 Å². The quantitative estimate of drug-likeness (QED) is 0.306. The Kier molecular flexibility index (Phi) is 9.27. The van der Waals surface area contributed by atoms with Crippen molar-refractivity contribution in [3.05, 3.63) is 25.3 Å². The normalized spacial score (nSPS) is 10.7. The summed E-state index contributed by atoms with van der Waals surface area (Å²) in [5, 5.41) is 5.18. The van der Waals surface area contributed by atoms with Crippen LogP contribution in [0.15, 0.2) is 25.3 Å². The van der Waals surface area contributed by atoms with E-state index < -0.39 is 5.54 Å². The predicted molar refractivity (Wildman–Crippen MR) is 74.0 cm³/mol. The molecule has 7 nitrogen and oxygen atoms in total. The molecule has 0 bridgehead atoms. The predicted octanol–water partition coefficient (Wildman–Crippen LogP) is -0.403. The first-order valence-electron chi connectivity index (χ1n) is 5.94. The zero-order chi connectivity index (χ0) is 15.4. The van der Waals surface area contributed by atoms with Crippen molar-refractivity contribution in [3.63, 3.8) is 0 Å². The van der Waals surface area contributed by atoms with Crippen LogP contribution in [0, 0.1) is 0 Å². The highest BCUT2D eigenvalue weighted by Crippen LogP contribution is 2.08. The number of rotatable bonds is 11. The summed E-state index contributed by atoms with van der Waals surface area (Å²) in [5.41, 5.74) is -0.853. The summed E-state index contributed by atoms with van der Waals surface area (Å²) in [6, 6.07) is 0. The first-order valence-corrected chi connectivity index (χ1v) is 5.94. The fraction of sp³-hybridized carbons (Fsp3) is 0.538. The molecular weight excluding hydrogens is 264 g/mol. The summed E-state index contributed by atoms with van der Waals surface area (Å²) in [7, 11) is 3.01. The maximum Gasteiger partial charge on any atom is 0.245 e. The SMILES string of the molecule is C=CC(=O)NCOCC(COC)(COC)NC(=O)C=C. The molecule has 0 aromatic rings. The van der Waals surface area contributed by atoms with Gasteiger partial charge in [0.1, 0.15) is 12.3 Å². The first-order chi connectivity index (χ1) is 9.53. The number of carbonyl (C=O) groups is 2. The highest BCUT2D eigenvalue weighted by molar-refractivity contribution is 5.87. The van der Waals surface area contributed by atoms with Crippen LogP contribution in [-0.4, -0.2) is 58.1 Å². The standard InChI is InChI=1S/C13H22N2O5/c1-5-11(16)14-10-20-9-13(7-18-3,8-19-4)15-12(17)6-2/h5-6H,1-2,7-10H2,3-4H3,(H,14,16)(H,15,17). The van der Waals surface area contributed by atoms with Crippen LogP contribution in [0.5, 0.6) is 0 Å². The van der Waals surface area contributed by atoms with Crippen molar-refractivity contribution in [2.75, 3.05) is 40.8 Å². The minimum atomic E-state index is -0.853. The van der Waals surface area contributed by atoms with Crippen molar-refractivity contribution in [1.29, 1.82) is 0 Å². The molecule has 0 spiro atoms. The van der Waals surface area contributed by atoms with Gasteiger partial charge in [0.2, 0.25) is 11.8 Å². The van der Waals surface area contributed by atoms with Gasteiger partial charge in [-0.2, -0.15) is 0 Å². The van der Waals surface area contributed by atoms with Crippen LogP contribution in [-0.2, 0) is 23.8 Å². The van der Waals surface area contributed by atoms with E-state index in [1.54, 1.807) is 0 Å². The zero-order valence-electron chi connectivity index (χ0n) is 11.9. The lowest BCUT2D eigenvalue weighted by Crippen LogP contribution is -2.58. The first kappa shape index (κ1) is 18.3. The van der Waals surface area contributed by atoms with Crippen LogP contribution < -0.4 is 10.6 Å². The number of carbonyl (C=O) groups excluding carboxylic acids is 2. The molecule has 0 fully saturated rings. The average Bonchev–Trinajstić information content (AvgIpc) is 2.43. The van der Waals surface area contributed by atoms with Gasteiger partial charge in [-0.05, 0) is 12.2 Å². The number of nitrogens with one attached hydrogen (secondary N) is 2. The monoisotopic (exact) mass is 286 g/mol. The van der Waals surface area contributed by atoms with Crippen LogP contribution in [0.2, 0.25) is 0 Å². The molecule has 0 aliphatic heterocycles. The summed E-state index contributed by atoms with van der Waals surface area (Å²) < 4.78 is 15.5. The maximum absolute atomic E-state index is 11.5. The van der Waals surface area contributed by atoms with Crippen molar-refractivity contribution >= 4 is 11.8 Å².